The van der Waals surface area contributed by atoms with Crippen LogP contribution in [0.3, 0.4) is 0 Å². The maximum absolute atomic E-state index is 12.5. The fourth-order valence-electron chi connectivity index (χ4n) is 2.12. The lowest BCUT2D eigenvalue weighted by atomic mass is 10.2. The largest absolute Gasteiger partial charge is 0.478 e. The van der Waals surface area contributed by atoms with Crippen molar-refractivity contribution < 1.29 is 22.7 Å². The molecule has 0 saturated heterocycles. The van der Waals surface area contributed by atoms with Crippen LogP contribution in [0.25, 0.3) is 0 Å². The Hall–Kier alpha value is -1.64. The summed E-state index contributed by atoms with van der Waals surface area (Å²) in [4.78, 5) is 11.8. The molecule has 0 aliphatic rings. The first kappa shape index (κ1) is 15.7. The molecule has 2 aromatic rings. The van der Waals surface area contributed by atoms with Crippen molar-refractivity contribution in [3.05, 3.63) is 39.5 Å². The van der Waals surface area contributed by atoms with E-state index in [4.69, 9.17) is 4.42 Å². The van der Waals surface area contributed by atoms with Crippen LogP contribution in [0.2, 0.25) is 0 Å². The molecular weight excluding hydrogens is 314 g/mol. The minimum Gasteiger partial charge on any atom is -0.478 e. The highest BCUT2D eigenvalue weighted by molar-refractivity contribution is 7.89. The van der Waals surface area contributed by atoms with Crippen LogP contribution in [0.4, 0.5) is 0 Å². The van der Waals surface area contributed by atoms with Gasteiger partial charge in [-0.1, -0.05) is 6.07 Å². The Morgan fingerprint density at radius 2 is 2.05 bits per heavy atom. The van der Waals surface area contributed by atoms with Crippen molar-refractivity contribution in [3.8, 4) is 0 Å². The van der Waals surface area contributed by atoms with Crippen LogP contribution in [0.15, 0.2) is 26.8 Å². The van der Waals surface area contributed by atoms with Crippen LogP contribution in [-0.2, 0) is 10.0 Å². The second kappa shape index (κ2) is 5.63. The Morgan fingerprint density at radius 3 is 2.57 bits per heavy atom. The fourth-order valence-corrected chi connectivity index (χ4v) is 4.56. The molecule has 2 heterocycles. The molecule has 6 nitrogen and oxygen atoms in total. The molecule has 2 aromatic heterocycles. The van der Waals surface area contributed by atoms with Crippen molar-refractivity contribution in [3.63, 3.8) is 0 Å². The number of hydrogen-bond acceptors (Lipinski definition) is 5. The van der Waals surface area contributed by atoms with Crippen molar-refractivity contribution in [1.82, 2.24) is 4.72 Å². The van der Waals surface area contributed by atoms with Gasteiger partial charge in [0.25, 0.3) is 0 Å². The molecule has 0 spiro atoms. The van der Waals surface area contributed by atoms with Gasteiger partial charge in [-0.2, -0.15) is 0 Å². The van der Waals surface area contributed by atoms with E-state index in [2.05, 4.69) is 4.72 Å². The topological polar surface area (TPSA) is 96.6 Å². The zero-order valence-corrected chi connectivity index (χ0v) is 13.3. The quantitative estimate of drug-likeness (QED) is 0.879. The maximum atomic E-state index is 12.5. The molecule has 0 amide bonds. The lowest BCUT2D eigenvalue weighted by Gasteiger charge is -2.12. The monoisotopic (exact) mass is 329 g/mol. The first-order valence-corrected chi connectivity index (χ1v) is 8.49. The number of nitrogens with one attached hydrogen (secondary N) is 1. The number of carbonyl (C=O) groups is 1. The van der Waals surface area contributed by atoms with E-state index in [1.807, 2.05) is 17.5 Å². The maximum Gasteiger partial charge on any atom is 0.340 e. The highest BCUT2D eigenvalue weighted by Crippen LogP contribution is 2.28. The van der Waals surface area contributed by atoms with Crippen molar-refractivity contribution in [2.45, 2.75) is 31.7 Å². The van der Waals surface area contributed by atoms with Crippen molar-refractivity contribution in [2.24, 2.45) is 0 Å². The normalized spacial score (nSPS) is 13.3. The molecule has 0 aliphatic heterocycles. The Morgan fingerprint density at radius 1 is 1.38 bits per heavy atom. The summed E-state index contributed by atoms with van der Waals surface area (Å²) in [7, 11) is -3.99. The SMILES string of the molecule is Cc1oc(C)c(S(=O)(=O)N[C@H](C)c2cccs2)c1C(=O)O. The third kappa shape index (κ3) is 3.02. The van der Waals surface area contributed by atoms with Gasteiger partial charge >= 0.3 is 5.97 Å². The summed E-state index contributed by atoms with van der Waals surface area (Å²) in [6, 6.07) is 3.18. The van der Waals surface area contributed by atoms with E-state index in [9.17, 15) is 18.3 Å². The van der Waals surface area contributed by atoms with Gasteiger partial charge in [0.15, 0.2) is 0 Å². The van der Waals surface area contributed by atoms with Crippen LogP contribution < -0.4 is 4.72 Å². The third-order valence-corrected chi connectivity index (χ3v) is 5.74. The van der Waals surface area contributed by atoms with Gasteiger partial charge in [-0.05, 0) is 32.2 Å². The van der Waals surface area contributed by atoms with Crippen molar-refractivity contribution in [2.75, 3.05) is 0 Å². The summed E-state index contributed by atoms with van der Waals surface area (Å²) >= 11 is 1.42. The Kier molecular flexibility index (Phi) is 4.22. The molecule has 0 fully saturated rings. The van der Waals surface area contributed by atoms with Gasteiger partial charge < -0.3 is 9.52 Å². The van der Waals surface area contributed by atoms with Gasteiger partial charge in [0, 0.05) is 4.88 Å². The average molecular weight is 329 g/mol. The number of carboxylic acids is 1. The Balaban J connectivity index is 2.43. The highest BCUT2D eigenvalue weighted by atomic mass is 32.2. The molecule has 21 heavy (non-hydrogen) atoms. The molecule has 0 radical (unpaired) electrons. The number of sulfonamides is 1. The highest BCUT2D eigenvalue weighted by Gasteiger charge is 2.31. The van der Waals surface area contributed by atoms with Crippen molar-refractivity contribution >= 4 is 27.3 Å². The first-order chi connectivity index (χ1) is 9.74. The number of aromatic carboxylic acids is 1. The molecule has 114 valence electrons. The zero-order valence-electron chi connectivity index (χ0n) is 11.7. The van der Waals surface area contributed by atoms with Crippen LogP contribution >= 0.6 is 11.3 Å². The number of aryl methyl sites for hydroxylation is 2. The van der Waals surface area contributed by atoms with Crippen LogP contribution in [0, 0.1) is 13.8 Å². The second-order valence-electron chi connectivity index (χ2n) is 4.58. The van der Waals surface area contributed by atoms with Gasteiger partial charge in [-0.15, -0.1) is 11.3 Å². The zero-order chi connectivity index (χ0) is 15.8. The van der Waals surface area contributed by atoms with E-state index in [1.165, 1.54) is 25.2 Å². The van der Waals surface area contributed by atoms with E-state index in [-0.39, 0.29) is 22.0 Å². The predicted octanol–water partition coefficient (Wildman–Crippen LogP) is 2.70. The molecule has 0 unspecified atom stereocenters. The summed E-state index contributed by atoms with van der Waals surface area (Å²) in [5.74, 6) is -1.19. The number of thiophene rings is 1. The molecule has 2 rings (SSSR count). The molecule has 8 heteroatoms. The summed E-state index contributed by atoms with van der Waals surface area (Å²) in [6.07, 6.45) is 0. The van der Waals surface area contributed by atoms with Gasteiger partial charge in [-0.3, -0.25) is 0 Å². The Bertz CT molecular complexity index is 759. The molecule has 1 atom stereocenters. The van der Waals surface area contributed by atoms with E-state index in [0.29, 0.717) is 0 Å². The van der Waals surface area contributed by atoms with E-state index in [0.717, 1.165) is 4.88 Å². The molecule has 0 bridgehead atoms. The van der Waals surface area contributed by atoms with Gasteiger partial charge in [0.2, 0.25) is 10.0 Å². The van der Waals surface area contributed by atoms with E-state index < -0.39 is 22.0 Å². The van der Waals surface area contributed by atoms with Crippen LogP contribution in [0.1, 0.15) is 39.7 Å². The first-order valence-electron chi connectivity index (χ1n) is 6.13. The number of carboxylic acid groups (broad SMARTS) is 1. The summed E-state index contributed by atoms with van der Waals surface area (Å²) < 4.78 is 32.6. The Labute approximate surface area is 126 Å². The van der Waals surface area contributed by atoms with Gasteiger partial charge in [0.05, 0.1) is 6.04 Å². The average Bonchev–Trinajstić information content (AvgIpc) is 2.95. The molecule has 2 N–H and O–H groups in total. The van der Waals surface area contributed by atoms with E-state index >= 15 is 0 Å². The smallest absolute Gasteiger partial charge is 0.340 e. The lowest BCUT2D eigenvalue weighted by Crippen LogP contribution is -2.28. The number of hydrogen-bond donors (Lipinski definition) is 2. The molecule has 0 aliphatic carbocycles. The lowest BCUT2D eigenvalue weighted by molar-refractivity contribution is 0.0691. The summed E-state index contributed by atoms with van der Waals surface area (Å²) in [5, 5.41) is 11.0. The summed E-state index contributed by atoms with van der Waals surface area (Å²) in [5.41, 5.74) is -0.321. The number of rotatable bonds is 5. The minimum atomic E-state index is -3.99. The van der Waals surface area contributed by atoms with Gasteiger partial charge in [-0.25, -0.2) is 17.9 Å². The van der Waals surface area contributed by atoms with Gasteiger partial charge in [0.1, 0.15) is 22.0 Å². The summed E-state index contributed by atoms with van der Waals surface area (Å²) in [6.45, 7) is 4.56. The molecular formula is C13H15NO5S2. The fraction of sp³-hybridized carbons (Fsp3) is 0.308. The number of furan rings is 1. The van der Waals surface area contributed by atoms with Crippen LogP contribution in [0.5, 0.6) is 0 Å². The molecule has 0 aromatic carbocycles. The van der Waals surface area contributed by atoms with Crippen molar-refractivity contribution in [1.29, 1.82) is 0 Å². The minimum absolute atomic E-state index is 0.0655. The second-order valence-corrected chi connectivity index (χ2v) is 7.21. The third-order valence-electron chi connectivity index (χ3n) is 2.99. The predicted molar refractivity (Wildman–Crippen MR) is 78.2 cm³/mol. The van der Waals surface area contributed by atoms with Crippen LogP contribution in [-0.4, -0.2) is 19.5 Å². The van der Waals surface area contributed by atoms with E-state index in [1.54, 1.807) is 6.92 Å². The molecule has 0 saturated carbocycles. The standard InChI is InChI=1S/C13H15NO5S2/c1-7(10-5-4-6-20-10)14-21(17,18)12-9(3)19-8(2)11(12)13(15)16/h4-7,14H,1-3H3,(H,15,16)/t7-/m1/s1.